The number of nitrogens with zero attached hydrogens (tertiary/aromatic N) is 1. The van der Waals surface area contributed by atoms with Gasteiger partial charge in [-0.05, 0) is 49.2 Å². The van der Waals surface area contributed by atoms with Crippen LogP contribution >= 0.6 is 0 Å². The first kappa shape index (κ1) is 22.6. The normalized spacial score (nSPS) is 12.4. The van der Waals surface area contributed by atoms with Crippen LogP contribution in [0, 0.1) is 23.1 Å². The Morgan fingerprint density at radius 3 is 2.27 bits per heavy atom. The Morgan fingerprint density at radius 2 is 1.67 bits per heavy atom. The second-order valence-electron chi connectivity index (χ2n) is 6.93. The van der Waals surface area contributed by atoms with Crippen LogP contribution in [-0.4, -0.2) is 29.9 Å². The molecular weight excluding hydrogens is 389 g/mol. The van der Waals surface area contributed by atoms with Crippen molar-refractivity contribution in [1.29, 1.82) is 5.26 Å². The summed E-state index contributed by atoms with van der Waals surface area (Å²) >= 11 is 0. The van der Waals surface area contributed by atoms with Gasteiger partial charge in [-0.15, -0.1) is 0 Å². The molecule has 0 saturated carbocycles. The van der Waals surface area contributed by atoms with E-state index in [-0.39, 0.29) is 17.0 Å². The highest BCUT2D eigenvalue weighted by atomic mass is 19.1. The fourth-order valence-corrected chi connectivity index (χ4v) is 2.55. The zero-order chi connectivity index (χ0) is 22.3. The van der Waals surface area contributed by atoms with E-state index in [4.69, 9.17) is 10.00 Å². The summed E-state index contributed by atoms with van der Waals surface area (Å²) in [4.78, 5) is 37.3. The molecule has 2 aromatic rings. The lowest BCUT2D eigenvalue weighted by atomic mass is 10.0. The van der Waals surface area contributed by atoms with E-state index < -0.39 is 35.7 Å². The van der Waals surface area contributed by atoms with Crippen LogP contribution in [0.2, 0.25) is 0 Å². The number of hydrogen-bond donors (Lipinski definition) is 2. The highest BCUT2D eigenvalue weighted by Gasteiger charge is 2.29. The van der Waals surface area contributed by atoms with Crippen molar-refractivity contribution in [1.82, 2.24) is 5.32 Å². The van der Waals surface area contributed by atoms with E-state index in [0.717, 1.165) is 12.1 Å². The molecule has 0 heterocycles. The van der Waals surface area contributed by atoms with Crippen molar-refractivity contribution in [2.75, 3.05) is 5.32 Å². The topological polar surface area (TPSA) is 108 Å². The monoisotopic (exact) mass is 411 g/mol. The van der Waals surface area contributed by atoms with E-state index >= 15 is 0 Å². The molecule has 0 aliphatic carbocycles. The molecule has 2 atom stereocenters. The Balaban J connectivity index is 2.03. The molecule has 2 N–H and O–H groups in total. The number of nitriles is 1. The van der Waals surface area contributed by atoms with Crippen LogP contribution in [0.5, 0.6) is 0 Å². The summed E-state index contributed by atoms with van der Waals surface area (Å²) in [5, 5.41) is 14.2. The number of ether oxygens (including phenoxy) is 1. The van der Waals surface area contributed by atoms with E-state index in [0.29, 0.717) is 5.69 Å². The van der Waals surface area contributed by atoms with Crippen LogP contribution in [-0.2, 0) is 14.3 Å². The van der Waals surface area contributed by atoms with Crippen molar-refractivity contribution >= 4 is 23.5 Å². The van der Waals surface area contributed by atoms with Gasteiger partial charge in [-0.3, -0.25) is 9.59 Å². The smallest absolute Gasteiger partial charge is 0.329 e. The second kappa shape index (κ2) is 10.2. The fraction of sp³-hybridized carbons (Fsp3) is 0.273. The molecule has 7 nitrogen and oxygen atoms in total. The van der Waals surface area contributed by atoms with Crippen molar-refractivity contribution in [3.05, 3.63) is 65.5 Å². The molecule has 0 spiro atoms. The molecular formula is C22H22FN3O4. The summed E-state index contributed by atoms with van der Waals surface area (Å²) in [6.45, 7) is 4.82. The number of halogens is 1. The van der Waals surface area contributed by atoms with Gasteiger partial charge in [0.15, 0.2) is 6.10 Å². The fourth-order valence-electron chi connectivity index (χ4n) is 2.55. The van der Waals surface area contributed by atoms with Gasteiger partial charge in [0.05, 0.1) is 11.3 Å². The van der Waals surface area contributed by atoms with Gasteiger partial charge in [-0.1, -0.05) is 26.0 Å². The maximum absolute atomic E-state index is 13.0. The van der Waals surface area contributed by atoms with E-state index in [1.54, 1.807) is 38.1 Å². The Kier molecular flexibility index (Phi) is 7.64. The van der Waals surface area contributed by atoms with Gasteiger partial charge in [-0.2, -0.15) is 5.26 Å². The number of amides is 2. The summed E-state index contributed by atoms with van der Waals surface area (Å²) in [6.07, 6.45) is -1.16. The second-order valence-corrected chi connectivity index (χ2v) is 6.93. The molecule has 0 bridgehead atoms. The third-order valence-corrected chi connectivity index (χ3v) is 4.28. The first-order chi connectivity index (χ1) is 14.2. The SMILES string of the molecule is CC(C)[C@H](NC(=O)c1ccc(F)cc1)C(=O)O[C@@H](C)C(=O)Nc1ccccc1C#N. The molecule has 0 aliphatic rings. The minimum atomic E-state index is -1.16. The van der Waals surface area contributed by atoms with Crippen molar-refractivity contribution in [2.45, 2.75) is 32.9 Å². The molecule has 2 rings (SSSR count). The van der Waals surface area contributed by atoms with E-state index in [2.05, 4.69) is 10.6 Å². The maximum atomic E-state index is 13.0. The predicted octanol–water partition coefficient (Wildman–Crippen LogP) is 3.02. The molecule has 30 heavy (non-hydrogen) atoms. The quantitative estimate of drug-likeness (QED) is 0.681. The molecule has 0 saturated heterocycles. The van der Waals surface area contributed by atoms with Gasteiger partial charge >= 0.3 is 5.97 Å². The van der Waals surface area contributed by atoms with Gasteiger partial charge in [0.2, 0.25) is 0 Å². The van der Waals surface area contributed by atoms with Crippen molar-refractivity contribution in [3.63, 3.8) is 0 Å². The summed E-state index contributed by atoms with van der Waals surface area (Å²) in [5.74, 6) is -2.76. The lowest BCUT2D eigenvalue weighted by molar-refractivity contribution is -0.156. The van der Waals surface area contributed by atoms with Crippen molar-refractivity contribution in [3.8, 4) is 6.07 Å². The molecule has 0 fully saturated rings. The molecule has 0 aromatic heterocycles. The van der Waals surface area contributed by atoms with Crippen molar-refractivity contribution in [2.24, 2.45) is 5.92 Å². The standard InChI is InChI=1S/C22H22FN3O4/c1-13(2)19(26-21(28)15-8-10-17(23)11-9-15)22(29)30-14(3)20(27)25-18-7-5-4-6-16(18)12-24/h4-11,13-14,19H,1-3H3,(H,25,27)(H,26,28)/t14-,19-/m0/s1. The first-order valence-corrected chi connectivity index (χ1v) is 9.29. The van der Waals surface area contributed by atoms with Gasteiger partial charge in [-0.25, -0.2) is 9.18 Å². The largest absolute Gasteiger partial charge is 0.451 e. The first-order valence-electron chi connectivity index (χ1n) is 9.29. The average Bonchev–Trinajstić information content (AvgIpc) is 2.72. The van der Waals surface area contributed by atoms with Crippen LogP contribution in [0.4, 0.5) is 10.1 Å². The number of hydrogen-bond acceptors (Lipinski definition) is 5. The minimum absolute atomic E-state index is 0.189. The Hall–Kier alpha value is -3.73. The number of esters is 1. The van der Waals surface area contributed by atoms with E-state index in [1.807, 2.05) is 6.07 Å². The number of carbonyl (C=O) groups excluding carboxylic acids is 3. The van der Waals surface area contributed by atoms with E-state index in [1.165, 1.54) is 19.1 Å². The lowest BCUT2D eigenvalue weighted by Crippen LogP contribution is -2.47. The van der Waals surface area contributed by atoms with Crippen LogP contribution in [0.3, 0.4) is 0 Å². The van der Waals surface area contributed by atoms with Crippen LogP contribution in [0.25, 0.3) is 0 Å². The molecule has 2 aromatic carbocycles. The summed E-state index contributed by atoms with van der Waals surface area (Å²) in [6, 6.07) is 12.3. The van der Waals surface area contributed by atoms with Crippen LogP contribution in [0.1, 0.15) is 36.7 Å². The number of benzene rings is 2. The van der Waals surface area contributed by atoms with Crippen molar-refractivity contribution < 1.29 is 23.5 Å². The third-order valence-electron chi connectivity index (χ3n) is 4.28. The Labute approximate surface area is 173 Å². The predicted molar refractivity (Wildman–Crippen MR) is 108 cm³/mol. The van der Waals surface area contributed by atoms with Gasteiger partial charge in [0.1, 0.15) is 17.9 Å². The summed E-state index contributed by atoms with van der Waals surface area (Å²) < 4.78 is 18.3. The zero-order valence-corrected chi connectivity index (χ0v) is 16.8. The van der Waals surface area contributed by atoms with Gasteiger partial charge in [0.25, 0.3) is 11.8 Å². The highest BCUT2D eigenvalue weighted by Crippen LogP contribution is 2.15. The molecule has 156 valence electrons. The number of rotatable bonds is 7. The lowest BCUT2D eigenvalue weighted by Gasteiger charge is -2.23. The molecule has 8 heteroatoms. The third kappa shape index (κ3) is 5.88. The highest BCUT2D eigenvalue weighted by molar-refractivity contribution is 5.98. The number of nitrogens with one attached hydrogen (secondary N) is 2. The Morgan fingerprint density at radius 1 is 1.03 bits per heavy atom. The molecule has 0 aliphatic heterocycles. The maximum Gasteiger partial charge on any atom is 0.329 e. The molecule has 0 unspecified atom stereocenters. The van der Waals surface area contributed by atoms with Crippen LogP contribution in [0.15, 0.2) is 48.5 Å². The number of para-hydroxylation sites is 1. The number of carbonyl (C=O) groups is 3. The molecule has 0 radical (unpaired) electrons. The van der Waals surface area contributed by atoms with E-state index in [9.17, 15) is 18.8 Å². The summed E-state index contributed by atoms with van der Waals surface area (Å²) in [5.41, 5.74) is 0.766. The van der Waals surface area contributed by atoms with Gasteiger partial charge in [0, 0.05) is 5.56 Å². The van der Waals surface area contributed by atoms with Crippen LogP contribution < -0.4 is 10.6 Å². The minimum Gasteiger partial charge on any atom is -0.451 e. The molecule has 2 amide bonds. The number of anilines is 1. The summed E-state index contributed by atoms with van der Waals surface area (Å²) in [7, 11) is 0. The zero-order valence-electron chi connectivity index (χ0n) is 16.8. The Bertz CT molecular complexity index is 967. The average molecular weight is 411 g/mol. The van der Waals surface area contributed by atoms with Gasteiger partial charge < -0.3 is 15.4 Å².